The molecule has 0 atom stereocenters. The summed E-state index contributed by atoms with van der Waals surface area (Å²) in [5.41, 5.74) is 0.281. The maximum absolute atomic E-state index is 11.1. The van der Waals surface area contributed by atoms with E-state index in [0.29, 0.717) is 4.90 Å². The average molecular weight is 310 g/mol. The number of halogens is 1. The van der Waals surface area contributed by atoms with Crippen LogP contribution >= 0.6 is 27.7 Å². The zero-order valence-electron chi connectivity index (χ0n) is 8.63. The first-order valence-corrected chi connectivity index (χ1v) is 6.39. The lowest BCUT2D eigenvalue weighted by Crippen LogP contribution is -1.98. The number of nitrogens with zero attached hydrogens (tertiary/aromatic N) is 1. The Hall–Kier alpha value is -1.33. The summed E-state index contributed by atoms with van der Waals surface area (Å²) in [6, 6.07) is 10.6. The van der Waals surface area contributed by atoms with Crippen LogP contribution in [-0.4, -0.2) is 16.1 Å². The number of hydrogen-bond donors (Lipinski definition) is 1. The molecule has 0 radical (unpaired) electrons. The van der Waals surface area contributed by atoms with Crippen LogP contribution < -0.4 is 0 Å². The molecule has 0 bridgehead atoms. The molecule has 1 aromatic carbocycles. The molecule has 86 valence electrons. The van der Waals surface area contributed by atoms with E-state index >= 15 is 0 Å². The van der Waals surface area contributed by atoms with Crippen molar-refractivity contribution in [2.75, 3.05) is 0 Å². The molecule has 0 spiro atoms. The minimum Gasteiger partial charge on any atom is -0.478 e. The zero-order valence-corrected chi connectivity index (χ0v) is 11.0. The van der Waals surface area contributed by atoms with E-state index in [1.807, 2.05) is 18.2 Å². The molecule has 1 heterocycles. The Morgan fingerprint density at radius 2 is 2.12 bits per heavy atom. The summed E-state index contributed by atoms with van der Waals surface area (Å²) >= 11 is 4.67. The van der Waals surface area contributed by atoms with E-state index in [-0.39, 0.29) is 5.56 Å². The van der Waals surface area contributed by atoms with Crippen molar-refractivity contribution in [3.8, 4) is 0 Å². The molecule has 3 nitrogen and oxygen atoms in total. The smallest absolute Gasteiger partial charge is 0.336 e. The van der Waals surface area contributed by atoms with Gasteiger partial charge in [-0.05, 0) is 30.3 Å². The molecular weight excluding hydrogens is 302 g/mol. The molecule has 0 aliphatic rings. The summed E-state index contributed by atoms with van der Waals surface area (Å²) < 4.78 is 0.848. The van der Waals surface area contributed by atoms with E-state index in [4.69, 9.17) is 5.11 Å². The van der Waals surface area contributed by atoms with Crippen molar-refractivity contribution in [1.82, 2.24) is 4.98 Å². The Morgan fingerprint density at radius 1 is 1.29 bits per heavy atom. The van der Waals surface area contributed by atoms with Gasteiger partial charge in [0.05, 0.1) is 5.56 Å². The number of hydrogen-bond acceptors (Lipinski definition) is 3. The average Bonchev–Trinajstić information content (AvgIpc) is 2.30. The van der Waals surface area contributed by atoms with Crippen molar-refractivity contribution < 1.29 is 9.90 Å². The monoisotopic (exact) mass is 309 g/mol. The summed E-state index contributed by atoms with van der Waals surface area (Å²) in [5.74, 6) is -0.934. The first-order valence-electron chi connectivity index (χ1n) is 4.78. The molecule has 5 heteroatoms. The Labute approximate surface area is 111 Å². The Morgan fingerprint density at radius 3 is 2.76 bits per heavy atom. The van der Waals surface area contributed by atoms with E-state index in [2.05, 4.69) is 20.9 Å². The van der Waals surface area contributed by atoms with Crippen LogP contribution in [0.2, 0.25) is 0 Å². The van der Waals surface area contributed by atoms with Crippen molar-refractivity contribution in [2.45, 2.75) is 9.92 Å². The summed E-state index contributed by atoms with van der Waals surface area (Å²) in [4.78, 5) is 15.9. The first-order chi connectivity index (χ1) is 8.16. The van der Waals surface area contributed by atoms with Gasteiger partial charge in [0.2, 0.25) is 0 Å². The third-order valence-electron chi connectivity index (χ3n) is 2.03. The van der Waals surface area contributed by atoms with Crippen molar-refractivity contribution in [3.05, 3.63) is 52.6 Å². The second-order valence-corrected chi connectivity index (χ2v) is 5.19. The van der Waals surface area contributed by atoms with Gasteiger partial charge >= 0.3 is 5.97 Å². The number of carbonyl (C=O) groups is 1. The molecule has 0 aliphatic heterocycles. The second-order valence-electron chi connectivity index (χ2n) is 3.22. The number of pyridine rings is 1. The fourth-order valence-electron chi connectivity index (χ4n) is 1.28. The molecule has 0 amide bonds. The predicted molar refractivity (Wildman–Crippen MR) is 69.5 cm³/mol. The van der Waals surface area contributed by atoms with Crippen LogP contribution in [0.3, 0.4) is 0 Å². The van der Waals surface area contributed by atoms with Crippen LogP contribution in [0.15, 0.2) is 57.0 Å². The standard InChI is InChI=1S/C12H8BrNO2S/c13-8-4-5-9(12(15)16)10(7-8)17-11-3-1-2-6-14-11/h1-7H,(H,15,16). The van der Waals surface area contributed by atoms with Crippen molar-refractivity contribution in [1.29, 1.82) is 0 Å². The van der Waals surface area contributed by atoms with Crippen LogP contribution in [0.1, 0.15) is 10.4 Å². The number of rotatable bonds is 3. The molecule has 0 unspecified atom stereocenters. The van der Waals surface area contributed by atoms with Crippen molar-refractivity contribution >= 4 is 33.7 Å². The SMILES string of the molecule is O=C(O)c1ccc(Br)cc1Sc1ccccn1. The number of carboxylic acids is 1. The van der Waals surface area contributed by atoms with E-state index < -0.39 is 5.97 Å². The Kier molecular flexibility index (Phi) is 3.81. The molecule has 1 N–H and O–H groups in total. The van der Waals surface area contributed by atoms with Crippen LogP contribution in [-0.2, 0) is 0 Å². The lowest BCUT2D eigenvalue weighted by molar-refractivity contribution is 0.0693. The molecule has 2 rings (SSSR count). The van der Waals surface area contributed by atoms with E-state index in [1.165, 1.54) is 11.8 Å². The van der Waals surface area contributed by atoms with Crippen LogP contribution in [0, 0.1) is 0 Å². The maximum atomic E-state index is 11.1. The van der Waals surface area contributed by atoms with E-state index in [0.717, 1.165) is 9.50 Å². The van der Waals surface area contributed by atoms with Gasteiger partial charge < -0.3 is 5.11 Å². The minimum absolute atomic E-state index is 0.281. The summed E-state index contributed by atoms with van der Waals surface area (Å²) in [7, 11) is 0. The zero-order chi connectivity index (χ0) is 12.3. The quantitative estimate of drug-likeness (QED) is 0.939. The molecule has 0 saturated carbocycles. The van der Waals surface area contributed by atoms with Crippen molar-refractivity contribution in [2.24, 2.45) is 0 Å². The fourth-order valence-corrected chi connectivity index (χ4v) is 2.73. The molecule has 17 heavy (non-hydrogen) atoms. The lowest BCUT2D eigenvalue weighted by Gasteiger charge is -2.05. The number of aromatic carboxylic acids is 1. The predicted octanol–water partition coefficient (Wildman–Crippen LogP) is 3.69. The van der Waals surface area contributed by atoms with Gasteiger partial charge in [0, 0.05) is 15.6 Å². The molecule has 2 aromatic rings. The molecule has 0 fully saturated rings. The molecule has 1 aromatic heterocycles. The molecular formula is C12H8BrNO2S. The van der Waals surface area contributed by atoms with Gasteiger partial charge in [-0.3, -0.25) is 0 Å². The third kappa shape index (κ3) is 3.08. The summed E-state index contributed by atoms with van der Waals surface area (Å²) in [6.45, 7) is 0. The molecule has 0 saturated heterocycles. The highest BCUT2D eigenvalue weighted by atomic mass is 79.9. The second kappa shape index (κ2) is 5.33. The van der Waals surface area contributed by atoms with Crippen LogP contribution in [0.4, 0.5) is 0 Å². The highest BCUT2D eigenvalue weighted by Gasteiger charge is 2.11. The van der Waals surface area contributed by atoms with Gasteiger partial charge in [-0.15, -0.1) is 0 Å². The van der Waals surface area contributed by atoms with Gasteiger partial charge in [-0.1, -0.05) is 33.8 Å². The normalized spacial score (nSPS) is 10.2. The minimum atomic E-state index is -0.934. The largest absolute Gasteiger partial charge is 0.478 e. The summed E-state index contributed by atoms with van der Waals surface area (Å²) in [5, 5.41) is 9.86. The van der Waals surface area contributed by atoms with Gasteiger partial charge in [-0.2, -0.15) is 0 Å². The van der Waals surface area contributed by atoms with Crippen LogP contribution in [0.25, 0.3) is 0 Å². The molecule has 0 aliphatic carbocycles. The topological polar surface area (TPSA) is 50.2 Å². The highest BCUT2D eigenvalue weighted by Crippen LogP contribution is 2.31. The van der Waals surface area contributed by atoms with E-state index in [1.54, 1.807) is 24.4 Å². The maximum Gasteiger partial charge on any atom is 0.336 e. The van der Waals surface area contributed by atoms with Gasteiger partial charge in [0.25, 0.3) is 0 Å². The summed E-state index contributed by atoms with van der Waals surface area (Å²) in [6.07, 6.45) is 1.68. The number of benzene rings is 1. The van der Waals surface area contributed by atoms with Gasteiger partial charge in [0.15, 0.2) is 0 Å². The third-order valence-corrected chi connectivity index (χ3v) is 3.53. The number of carboxylic acid groups (broad SMARTS) is 1. The Balaban J connectivity index is 2.37. The number of aromatic nitrogens is 1. The van der Waals surface area contributed by atoms with E-state index in [9.17, 15) is 4.79 Å². The lowest BCUT2D eigenvalue weighted by atomic mass is 10.2. The van der Waals surface area contributed by atoms with Gasteiger partial charge in [-0.25, -0.2) is 9.78 Å². The fraction of sp³-hybridized carbons (Fsp3) is 0. The first kappa shape index (κ1) is 12.1. The highest BCUT2D eigenvalue weighted by molar-refractivity contribution is 9.10. The van der Waals surface area contributed by atoms with Crippen LogP contribution in [0.5, 0.6) is 0 Å². The Bertz CT molecular complexity index is 545. The van der Waals surface area contributed by atoms with Gasteiger partial charge in [0.1, 0.15) is 5.03 Å². The van der Waals surface area contributed by atoms with Crippen molar-refractivity contribution in [3.63, 3.8) is 0 Å².